The molecule has 3 rings (SSSR count). The lowest BCUT2D eigenvalue weighted by molar-refractivity contribution is -0.153. The number of alkyl halides is 3. The predicted molar refractivity (Wildman–Crippen MR) is 92.9 cm³/mol. The van der Waals surface area contributed by atoms with E-state index in [4.69, 9.17) is 9.15 Å². The normalized spacial score (nSPS) is 11.6. The van der Waals surface area contributed by atoms with Crippen molar-refractivity contribution < 1.29 is 31.9 Å². The lowest BCUT2D eigenvalue weighted by Gasteiger charge is -2.10. The Bertz CT molecular complexity index is 932. The van der Waals surface area contributed by atoms with E-state index in [0.29, 0.717) is 16.8 Å². The van der Waals surface area contributed by atoms with Crippen LogP contribution in [0.1, 0.15) is 16.1 Å². The average molecular weight is 379 g/mol. The largest absolute Gasteiger partial charge is 0.484 e. The molecule has 5 nitrogen and oxygen atoms in total. The molecule has 0 unspecified atom stereocenters. The first-order valence-electron chi connectivity index (χ1n) is 7.97. The van der Waals surface area contributed by atoms with E-state index in [1.54, 1.807) is 12.1 Å². The number of carbonyl (C=O) groups excluding carboxylic acids is 1. The van der Waals surface area contributed by atoms with Crippen LogP contribution >= 0.6 is 0 Å². The van der Waals surface area contributed by atoms with Gasteiger partial charge in [-0.15, -0.1) is 0 Å². The SMILES string of the molecule is COCc1c(C(=O)Nc2ccc(OCC(F)(F)F)cc2)oc2ccccc12. The van der Waals surface area contributed by atoms with Crippen molar-refractivity contribution >= 4 is 22.6 Å². The quantitative estimate of drug-likeness (QED) is 0.670. The number of rotatable bonds is 6. The van der Waals surface area contributed by atoms with Crippen LogP contribution in [0.25, 0.3) is 11.0 Å². The standard InChI is InChI=1S/C19H16F3NO4/c1-25-10-15-14-4-2-3-5-16(14)27-17(15)18(24)23-12-6-8-13(9-7-12)26-11-19(20,21)22/h2-9H,10-11H2,1H3,(H,23,24). The van der Waals surface area contributed by atoms with Gasteiger partial charge in [0, 0.05) is 23.7 Å². The summed E-state index contributed by atoms with van der Waals surface area (Å²) in [7, 11) is 1.52. The zero-order valence-electron chi connectivity index (χ0n) is 14.3. The van der Waals surface area contributed by atoms with Gasteiger partial charge in [0.05, 0.1) is 6.61 Å². The number of anilines is 1. The minimum Gasteiger partial charge on any atom is -0.484 e. The van der Waals surface area contributed by atoms with Crippen molar-refractivity contribution in [2.24, 2.45) is 0 Å². The molecule has 0 spiro atoms. The summed E-state index contributed by atoms with van der Waals surface area (Å²) in [4.78, 5) is 12.6. The second kappa shape index (κ2) is 7.71. The van der Waals surface area contributed by atoms with Crippen molar-refractivity contribution in [1.82, 2.24) is 0 Å². The number of carbonyl (C=O) groups is 1. The van der Waals surface area contributed by atoms with Gasteiger partial charge in [0.25, 0.3) is 5.91 Å². The topological polar surface area (TPSA) is 60.7 Å². The van der Waals surface area contributed by atoms with Crippen LogP contribution in [0.4, 0.5) is 18.9 Å². The number of furan rings is 1. The Hall–Kier alpha value is -3.00. The first kappa shape index (κ1) is 18.8. The van der Waals surface area contributed by atoms with Crippen LogP contribution in [0.3, 0.4) is 0 Å². The highest BCUT2D eigenvalue weighted by molar-refractivity contribution is 6.06. The summed E-state index contributed by atoms with van der Waals surface area (Å²) < 4.78 is 51.9. The summed E-state index contributed by atoms with van der Waals surface area (Å²) >= 11 is 0. The third-order valence-corrected chi connectivity index (χ3v) is 3.71. The Morgan fingerprint density at radius 1 is 1.11 bits per heavy atom. The van der Waals surface area contributed by atoms with Crippen LogP contribution in [0.5, 0.6) is 5.75 Å². The van der Waals surface area contributed by atoms with Crippen molar-refractivity contribution in [3.63, 3.8) is 0 Å². The van der Waals surface area contributed by atoms with E-state index in [0.717, 1.165) is 5.39 Å². The van der Waals surface area contributed by atoms with E-state index in [9.17, 15) is 18.0 Å². The fourth-order valence-electron chi connectivity index (χ4n) is 2.56. The van der Waals surface area contributed by atoms with Crippen molar-refractivity contribution in [3.05, 3.63) is 59.9 Å². The highest BCUT2D eigenvalue weighted by atomic mass is 19.4. The number of fused-ring (bicyclic) bond motifs is 1. The summed E-state index contributed by atoms with van der Waals surface area (Å²) in [5.74, 6) is -0.313. The van der Waals surface area contributed by atoms with E-state index in [2.05, 4.69) is 10.1 Å². The molecule has 3 aromatic rings. The van der Waals surface area contributed by atoms with E-state index < -0.39 is 18.7 Å². The highest BCUT2D eigenvalue weighted by Crippen LogP contribution is 2.27. The van der Waals surface area contributed by atoms with Crippen molar-refractivity contribution in [3.8, 4) is 5.75 Å². The second-order valence-corrected chi connectivity index (χ2v) is 5.72. The fraction of sp³-hybridized carbons (Fsp3) is 0.211. The lowest BCUT2D eigenvalue weighted by atomic mass is 10.1. The summed E-state index contributed by atoms with van der Waals surface area (Å²) in [6.45, 7) is -1.18. The van der Waals surface area contributed by atoms with Crippen LogP contribution in [0, 0.1) is 0 Å². The molecule has 27 heavy (non-hydrogen) atoms. The number of amides is 1. The Kier molecular flexibility index (Phi) is 5.36. The van der Waals surface area contributed by atoms with Crippen LogP contribution in [-0.4, -0.2) is 25.8 Å². The summed E-state index contributed by atoms with van der Waals surface area (Å²) in [5, 5.41) is 3.43. The molecule has 0 atom stereocenters. The van der Waals surface area contributed by atoms with Gasteiger partial charge in [0.2, 0.25) is 0 Å². The minimum absolute atomic E-state index is 0.0501. The molecule has 1 amide bonds. The lowest BCUT2D eigenvalue weighted by Crippen LogP contribution is -2.19. The number of benzene rings is 2. The maximum atomic E-state index is 12.6. The number of methoxy groups -OCH3 is 1. The number of nitrogens with one attached hydrogen (secondary N) is 1. The van der Waals surface area contributed by atoms with Crippen LogP contribution in [-0.2, 0) is 11.3 Å². The Balaban J connectivity index is 1.75. The molecule has 8 heteroatoms. The van der Waals surface area contributed by atoms with Crippen molar-refractivity contribution in [2.45, 2.75) is 12.8 Å². The molecule has 0 aliphatic rings. The fourth-order valence-corrected chi connectivity index (χ4v) is 2.56. The zero-order valence-corrected chi connectivity index (χ0v) is 14.3. The Morgan fingerprint density at radius 3 is 2.48 bits per heavy atom. The van der Waals surface area contributed by atoms with Gasteiger partial charge in [-0.05, 0) is 30.3 Å². The van der Waals surface area contributed by atoms with Gasteiger partial charge >= 0.3 is 6.18 Å². The molecular weight excluding hydrogens is 363 g/mol. The Morgan fingerprint density at radius 2 is 1.81 bits per heavy atom. The Labute approximate surface area is 152 Å². The van der Waals surface area contributed by atoms with Crippen molar-refractivity contribution in [2.75, 3.05) is 19.0 Å². The number of hydrogen-bond acceptors (Lipinski definition) is 4. The first-order chi connectivity index (χ1) is 12.9. The molecule has 1 aromatic heterocycles. The van der Waals surface area contributed by atoms with Crippen LogP contribution < -0.4 is 10.1 Å². The third-order valence-electron chi connectivity index (χ3n) is 3.71. The number of ether oxygens (including phenoxy) is 2. The number of halogens is 3. The average Bonchev–Trinajstić information content (AvgIpc) is 3.00. The van der Waals surface area contributed by atoms with Gasteiger partial charge in [-0.3, -0.25) is 4.79 Å². The van der Waals surface area contributed by atoms with Crippen LogP contribution in [0.15, 0.2) is 52.9 Å². The van der Waals surface area contributed by atoms with Gasteiger partial charge in [0.1, 0.15) is 11.3 Å². The van der Waals surface area contributed by atoms with E-state index in [1.165, 1.54) is 31.4 Å². The molecule has 0 aliphatic carbocycles. The molecule has 0 radical (unpaired) electrons. The molecule has 0 saturated carbocycles. The monoisotopic (exact) mass is 379 g/mol. The van der Waals surface area contributed by atoms with Gasteiger partial charge in [0.15, 0.2) is 12.4 Å². The summed E-state index contributed by atoms with van der Waals surface area (Å²) in [6, 6.07) is 12.8. The van der Waals surface area contributed by atoms with E-state index >= 15 is 0 Å². The molecule has 1 N–H and O–H groups in total. The molecule has 0 fully saturated rings. The molecule has 1 heterocycles. The molecule has 0 aliphatic heterocycles. The zero-order chi connectivity index (χ0) is 19.4. The second-order valence-electron chi connectivity index (χ2n) is 5.72. The maximum absolute atomic E-state index is 12.6. The van der Waals surface area contributed by atoms with Gasteiger partial charge in [-0.2, -0.15) is 13.2 Å². The van der Waals surface area contributed by atoms with Crippen molar-refractivity contribution in [1.29, 1.82) is 0 Å². The molecule has 142 valence electrons. The number of para-hydroxylation sites is 1. The summed E-state index contributed by atoms with van der Waals surface area (Å²) in [5.41, 5.74) is 1.57. The minimum atomic E-state index is -4.41. The number of hydrogen-bond donors (Lipinski definition) is 1. The van der Waals surface area contributed by atoms with E-state index in [-0.39, 0.29) is 18.1 Å². The molecule has 0 bridgehead atoms. The third kappa shape index (κ3) is 4.59. The van der Waals surface area contributed by atoms with Gasteiger partial charge in [-0.1, -0.05) is 18.2 Å². The van der Waals surface area contributed by atoms with Gasteiger partial charge < -0.3 is 19.2 Å². The maximum Gasteiger partial charge on any atom is 0.422 e. The molecular formula is C19H16F3NO4. The van der Waals surface area contributed by atoms with E-state index in [1.807, 2.05) is 12.1 Å². The smallest absolute Gasteiger partial charge is 0.422 e. The van der Waals surface area contributed by atoms with Crippen LogP contribution in [0.2, 0.25) is 0 Å². The molecule has 0 saturated heterocycles. The molecule has 2 aromatic carbocycles. The van der Waals surface area contributed by atoms with Gasteiger partial charge in [-0.25, -0.2) is 0 Å². The highest BCUT2D eigenvalue weighted by Gasteiger charge is 2.28. The predicted octanol–water partition coefficient (Wildman–Crippen LogP) is 4.77. The first-order valence-corrected chi connectivity index (χ1v) is 7.97. The summed E-state index contributed by atoms with van der Waals surface area (Å²) in [6.07, 6.45) is -4.41.